The maximum absolute atomic E-state index is 5.89. The monoisotopic (exact) mass is 275 g/mol. The summed E-state index contributed by atoms with van der Waals surface area (Å²) >= 11 is 0. The van der Waals surface area contributed by atoms with Crippen molar-refractivity contribution in [2.24, 2.45) is 0 Å². The first-order valence-electron chi connectivity index (χ1n) is 7.35. The number of benzene rings is 1. The van der Waals surface area contributed by atoms with Gasteiger partial charge in [0.15, 0.2) is 11.5 Å². The molecule has 0 aliphatic carbocycles. The van der Waals surface area contributed by atoms with Crippen molar-refractivity contribution in [1.82, 2.24) is 5.32 Å². The van der Waals surface area contributed by atoms with Gasteiger partial charge in [-0.3, -0.25) is 0 Å². The highest BCUT2D eigenvalue weighted by Crippen LogP contribution is 2.31. The Morgan fingerprint density at radius 2 is 2.10 bits per heavy atom. The molecular weight excluding hydrogens is 250 g/mol. The van der Waals surface area contributed by atoms with Gasteiger partial charge in [-0.05, 0) is 32.4 Å². The van der Waals surface area contributed by atoms with Crippen molar-refractivity contribution in [1.29, 1.82) is 0 Å². The number of ether oxygens (including phenoxy) is 2. The number of hydrogen-bond donors (Lipinski definition) is 1. The van der Waals surface area contributed by atoms with Gasteiger partial charge in [-0.2, -0.15) is 0 Å². The van der Waals surface area contributed by atoms with Crippen molar-refractivity contribution < 1.29 is 9.47 Å². The molecule has 3 nitrogen and oxygen atoms in total. The molecule has 0 aliphatic heterocycles. The fraction of sp³-hybridized carbons (Fsp3) is 0.529. The lowest BCUT2D eigenvalue weighted by atomic mass is 10.1. The zero-order chi connectivity index (χ0) is 14.6. The van der Waals surface area contributed by atoms with Crippen LogP contribution in [0.1, 0.15) is 38.7 Å². The van der Waals surface area contributed by atoms with E-state index in [0.29, 0.717) is 13.2 Å². The minimum atomic E-state index is 0.620. The van der Waals surface area contributed by atoms with Crippen LogP contribution in [0.2, 0.25) is 0 Å². The molecule has 0 heterocycles. The van der Waals surface area contributed by atoms with Crippen molar-refractivity contribution in [2.75, 3.05) is 19.8 Å². The Balaban J connectivity index is 2.74. The number of unbranched alkanes of at least 4 members (excludes halogenated alkanes) is 1. The summed E-state index contributed by atoms with van der Waals surface area (Å²) in [6, 6.07) is 6.02. The van der Waals surface area contributed by atoms with E-state index in [-0.39, 0.29) is 0 Å². The van der Waals surface area contributed by atoms with Crippen LogP contribution < -0.4 is 14.8 Å². The van der Waals surface area contributed by atoms with Gasteiger partial charge in [0.1, 0.15) is 0 Å². The van der Waals surface area contributed by atoms with Gasteiger partial charge in [-0.1, -0.05) is 19.1 Å². The zero-order valence-electron chi connectivity index (χ0n) is 12.6. The summed E-state index contributed by atoms with van der Waals surface area (Å²) in [6.07, 6.45) is 7.97. The summed E-state index contributed by atoms with van der Waals surface area (Å²) in [5.74, 6) is 4.28. The zero-order valence-corrected chi connectivity index (χ0v) is 12.6. The molecule has 0 spiro atoms. The fourth-order valence-electron chi connectivity index (χ4n) is 1.88. The minimum absolute atomic E-state index is 0.620. The summed E-state index contributed by atoms with van der Waals surface area (Å²) in [4.78, 5) is 0. The third-order valence-corrected chi connectivity index (χ3v) is 2.81. The van der Waals surface area contributed by atoms with Crippen molar-refractivity contribution in [3.63, 3.8) is 0 Å². The molecule has 0 unspecified atom stereocenters. The standard InChI is InChI=1S/C17H25NO2/c1-4-7-8-13-20-17-15(14-18-12-5-2)10-9-11-16(17)19-6-3/h1,9-11,18H,5-8,12-14H2,2-3H3. The Labute approximate surface area is 122 Å². The Bertz CT molecular complexity index is 423. The molecule has 110 valence electrons. The molecule has 0 atom stereocenters. The Morgan fingerprint density at radius 3 is 2.80 bits per heavy atom. The molecule has 3 heteroatoms. The van der Waals surface area contributed by atoms with Crippen molar-refractivity contribution in [3.05, 3.63) is 23.8 Å². The van der Waals surface area contributed by atoms with E-state index in [1.165, 1.54) is 0 Å². The third kappa shape index (κ3) is 5.54. The lowest BCUT2D eigenvalue weighted by Crippen LogP contribution is -2.15. The Hall–Kier alpha value is -1.66. The number of rotatable bonds is 10. The summed E-state index contributed by atoms with van der Waals surface area (Å²) < 4.78 is 11.5. The van der Waals surface area contributed by atoms with Gasteiger partial charge in [0.05, 0.1) is 13.2 Å². The summed E-state index contributed by atoms with van der Waals surface area (Å²) in [5, 5.41) is 3.39. The lowest BCUT2D eigenvalue weighted by Gasteiger charge is -2.16. The van der Waals surface area contributed by atoms with E-state index < -0.39 is 0 Å². The van der Waals surface area contributed by atoms with Crippen LogP contribution in [0.3, 0.4) is 0 Å². The van der Waals surface area contributed by atoms with E-state index in [2.05, 4.69) is 24.2 Å². The van der Waals surface area contributed by atoms with Crippen LogP contribution in [0.5, 0.6) is 11.5 Å². The third-order valence-electron chi connectivity index (χ3n) is 2.81. The maximum Gasteiger partial charge on any atom is 0.165 e. The van der Waals surface area contributed by atoms with Crippen LogP contribution in [0.4, 0.5) is 0 Å². The van der Waals surface area contributed by atoms with E-state index in [1.54, 1.807) is 0 Å². The van der Waals surface area contributed by atoms with Gasteiger partial charge >= 0.3 is 0 Å². The summed E-state index contributed by atoms with van der Waals surface area (Å²) in [7, 11) is 0. The maximum atomic E-state index is 5.89. The second kappa shape index (κ2) is 10.2. The molecule has 0 saturated carbocycles. The highest BCUT2D eigenvalue weighted by atomic mass is 16.5. The van der Waals surface area contributed by atoms with Crippen LogP contribution in [-0.2, 0) is 6.54 Å². The Morgan fingerprint density at radius 1 is 1.25 bits per heavy atom. The minimum Gasteiger partial charge on any atom is -0.490 e. The van der Waals surface area contributed by atoms with E-state index in [1.807, 2.05) is 19.1 Å². The summed E-state index contributed by atoms with van der Waals surface area (Å²) in [6.45, 7) is 7.17. The molecule has 1 aromatic rings. The highest BCUT2D eigenvalue weighted by molar-refractivity contribution is 5.46. The Kier molecular flexibility index (Phi) is 8.33. The molecule has 0 amide bonds. The number of para-hydroxylation sites is 1. The molecule has 1 rings (SSSR count). The SMILES string of the molecule is C#CCCCOc1c(CNCCC)cccc1OCC. The summed E-state index contributed by atoms with van der Waals surface area (Å²) in [5.41, 5.74) is 1.13. The average molecular weight is 275 g/mol. The van der Waals surface area contributed by atoms with Gasteiger partial charge in [0.2, 0.25) is 0 Å². The highest BCUT2D eigenvalue weighted by Gasteiger charge is 2.10. The molecule has 0 aromatic heterocycles. The first-order valence-corrected chi connectivity index (χ1v) is 7.35. The number of hydrogen-bond acceptors (Lipinski definition) is 3. The molecule has 0 saturated heterocycles. The quantitative estimate of drug-likeness (QED) is 0.524. The smallest absolute Gasteiger partial charge is 0.165 e. The van der Waals surface area contributed by atoms with Gasteiger partial charge in [0, 0.05) is 18.5 Å². The second-order valence-corrected chi connectivity index (χ2v) is 4.51. The number of nitrogens with one attached hydrogen (secondary N) is 1. The van der Waals surface area contributed by atoms with Crippen LogP contribution in [0.25, 0.3) is 0 Å². The predicted octanol–water partition coefficient (Wildman–Crippen LogP) is 3.38. The molecule has 1 aromatic carbocycles. The lowest BCUT2D eigenvalue weighted by molar-refractivity contribution is 0.271. The molecule has 0 fully saturated rings. The molecule has 0 aliphatic rings. The molecule has 0 bridgehead atoms. The molecule has 1 N–H and O–H groups in total. The second-order valence-electron chi connectivity index (χ2n) is 4.51. The molecule has 0 radical (unpaired) electrons. The van der Waals surface area contributed by atoms with E-state index in [4.69, 9.17) is 15.9 Å². The fourth-order valence-corrected chi connectivity index (χ4v) is 1.88. The van der Waals surface area contributed by atoms with Gasteiger partial charge in [0.25, 0.3) is 0 Å². The van der Waals surface area contributed by atoms with Crippen LogP contribution in [0.15, 0.2) is 18.2 Å². The first kappa shape index (κ1) is 16.4. The average Bonchev–Trinajstić information content (AvgIpc) is 2.46. The van der Waals surface area contributed by atoms with Crippen molar-refractivity contribution in [2.45, 2.75) is 39.7 Å². The van der Waals surface area contributed by atoms with Crippen LogP contribution in [-0.4, -0.2) is 19.8 Å². The normalized spacial score (nSPS) is 10.1. The van der Waals surface area contributed by atoms with Gasteiger partial charge in [-0.25, -0.2) is 0 Å². The first-order chi connectivity index (χ1) is 9.83. The van der Waals surface area contributed by atoms with Gasteiger partial charge in [-0.15, -0.1) is 12.3 Å². The largest absolute Gasteiger partial charge is 0.490 e. The molecular formula is C17H25NO2. The van der Waals surface area contributed by atoms with E-state index in [9.17, 15) is 0 Å². The molecule has 20 heavy (non-hydrogen) atoms. The number of terminal acetylenes is 1. The predicted molar refractivity (Wildman–Crippen MR) is 83.2 cm³/mol. The topological polar surface area (TPSA) is 30.5 Å². The van der Waals surface area contributed by atoms with Crippen molar-refractivity contribution >= 4 is 0 Å². The van der Waals surface area contributed by atoms with Gasteiger partial charge < -0.3 is 14.8 Å². The van der Waals surface area contributed by atoms with Crippen LogP contribution >= 0.6 is 0 Å². The van der Waals surface area contributed by atoms with E-state index >= 15 is 0 Å². The van der Waals surface area contributed by atoms with Crippen LogP contribution in [0, 0.1) is 12.3 Å². The van der Waals surface area contributed by atoms with E-state index in [0.717, 1.165) is 49.4 Å². The van der Waals surface area contributed by atoms with Crippen molar-refractivity contribution in [3.8, 4) is 23.8 Å².